The standard InChI is InChI=1S/C24H32N4O2.HI/c1-3-23(29)28-14-13-21(17-28)27-24(25-4-2)26-16-20-11-8-12-22(15-20)30-18-19-9-6-5-7-10-19;/h5-12,15,21H,3-4,13-14,16-18H2,1-2H3,(H2,25,26,27);1H. The fourth-order valence-electron chi connectivity index (χ4n) is 3.49. The predicted octanol–water partition coefficient (Wildman–Crippen LogP) is 3.95. The first kappa shape index (κ1) is 25.0. The molecule has 2 N–H and O–H groups in total. The Morgan fingerprint density at radius 1 is 1.13 bits per heavy atom. The largest absolute Gasteiger partial charge is 0.489 e. The highest BCUT2D eigenvalue weighted by Gasteiger charge is 2.25. The van der Waals surface area contributed by atoms with Crippen LogP contribution >= 0.6 is 24.0 Å². The third-order valence-electron chi connectivity index (χ3n) is 5.09. The van der Waals surface area contributed by atoms with Crippen LogP contribution in [0, 0.1) is 0 Å². The minimum Gasteiger partial charge on any atom is -0.489 e. The molecule has 0 spiro atoms. The molecule has 7 heteroatoms. The summed E-state index contributed by atoms with van der Waals surface area (Å²) in [5.74, 6) is 1.84. The van der Waals surface area contributed by atoms with Gasteiger partial charge in [-0.3, -0.25) is 4.79 Å². The van der Waals surface area contributed by atoms with Crippen molar-refractivity contribution in [3.05, 3.63) is 65.7 Å². The van der Waals surface area contributed by atoms with E-state index in [9.17, 15) is 4.79 Å². The number of ether oxygens (including phenoxy) is 1. The van der Waals surface area contributed by atoms with Gasteiger partial charge in [-0.05, 0) is 36.6 Å². The van der Waals surface area contributed by atoms with Crippen LogP contribution in [0.25, 0.3) is 0 Å². The van der Waals surface area contributed by atoms with Gasteiger partial charge in [-0.1, -0.05) is 49.4 Å². The summed E-state index contributed by atoms with van der Waals surface area (Å²) < 4.78 is 5.92. The predicted molar refractivity (Wildman–Crippen MR) is 136 cm³/mol. The molecule has 6 nitrogen and oxygen atoms in total. The molecule has 1 unspecified atom stereocenters. The Morgan fingerprint density at radius 2 is 1.90 bits per heavy atom. The maximum atomic E-state index is 11.9. The van der Waals surface area contributed by atoms with Gasteiger partial charge in [0, 0.05) is 32.1 Å². The number of hydrogen-bond donors (Lipinski definition) is 2. The summed E-state index contributed by atoms with van der Waals surface area (Å²) in [6, 6.07) is 18.4. The van der Waals surface area contributed by atoms with Crippen molar-refractivity contribution >= 4 is 35.8 Å². The molecule has 1 heterocycles. The Bertz CT molecular complexity index is 844. The number of nitrogens with one attached hydrogen (secondary N) is 2. The maximum absolute atomic E-state index is 11.9. The van der Waals surface area contributed by atoms with E-state index in [-0.39, 0.29) is 35.9 Å². The van der Waals surface area contributed by atoms with E-state index in [4.69, 9.17) is 9.73 Å². The van der Waals surface area contributed by atoms with Crippen molar-refractivity contribution in [3.63, 3.8) is 0 Å². The Kier molecular flexibility index (Phi) is 10.6. The van der Waals surface area contributed by atoms with Crippen LogP contribution in [0.1, 0.15) is 37.8 Å². The van der Waals surface area contributed by atoms with Crippen LogP contribution < -0.4 is 15.4 Å². The number of halogens is 1. The third kappa shape index (κ3) is 8.05. The molecule has 0 saturated carbocycles. The number of hydrogen-bond acceptors (Lipinski definition) is 3. The first-order valence-electron chi connectivity index (χ1n) is 10.8. The van der Waals surface area contributed by atoms with E-state index >= 15 is 0 Å². The molecule has 168 valence electrons. The Labute approximate surface area is 202 Å². The minimum absolute atomic E-state index is 0. The summed E-state index contributed by atoms with van der Waals surface area (Å²) in [5, 5.41) is 6.77. The highest BCUT2D eigenvalue weighted by molar-refractivity contribution is 14.0. The number of guanidine groups is 1. The number of carbonyl (C=O) groups is 1. The summed E-state index contributed by atoms with van der Waals surface area (Å²) in [6.07, 6.45) is 1.50. The van der Waals surface area contributed by atoms with Gasteiger partial charge in [-0.15, -0.1) is 24.0 Å². The lowest BCUT2D eigenvalue weighted by molar-refractivity contribution is -0.129. The molecule has 2 aromatic rings. The van der Waals surface area contributed by atoms with Crippen molar-refractivity contribution in [1.29, 1.82) is 0 Å². The zero-order chi connectivity index (χ0) is 21.2. The van der Waals surface area contributed by atoms with Crippen LogP contribution in [0.4, 0.5) is 0 Å². The number of nitrogens with zero attached hydrogens (tertiary/aromatic N) is 2. The Balaban J connectivity index is 0.00000341. The van der Waals surface area contributed by atoms with E-state index in [1.165, 1.54) is 0 Å². The lowest BCUT2D eigenvalue weighted by atomic mass is 10.2. The lowest BCUT2D eigenvalue weighted by Crippen LogP contribution is -2.45. The fourth-order valence-corrected chi connectivity index (χ4v) is 3.49. The zero-order valence-corrected chi connectivity index (χ0v) is 20.7. The number of benzene rings is 2. The van der Waals surface area contributed by atoms with Gasteiger partial charge in [-0.25, -0.2) is 4.99 Å². The van der Waals surface area contributed by atoms with Crippen LogP contribution in [-0.4, -0.2) is 42.4 Å². The molecule has 31 heavy (non-hydrogen) atoms. The number of rotatable bonds is 8. The molecule has 0 aromatic heterocycles. The Morgan fingerprint density at radius 3 is 2.65 bits per heavy atom. The first-order valence-corrected chi connectivity index (χ1v) is 10.8. The molecule has 1 fully saturated rings. The van der Waals surface area contributed by atoms with Gasteiger partial charge in [0.05, 0.1) is 6.54 Å². The number of likely N-dealkylation sites (tertiary alicyclic amines) is 1. The fraction of sp³-hybridized carbons (Fsp3) is 0.417. The average molecular weight is 536 g/mol. The smallest absolute Gasteiger partial charge is 0.222 e. The molecule has 0 radical (unpaired) electrons. The number of carbonyl (C=O) groups excluding carboxylic acids is 1. The topological polar surface area (TPSA) is 66.0 Å². The van der Waals surface area contributed by atoms with Crippen molar-refractivity contribution in [3.8, 4) is 5.75 Å². The molecule has 1 atom stereocenters. The van der Waals surface area contributed by atoms with Crippen LogP contribution in [-0.2, 0) is 17.9 Å². The maximum Gasteiger partial charge on any atom is 0.222 e. The van der Waals surface area contributed by atoms with Gasteiger partial charge in [0.2, 0.25) is 5.91 Å². The molecular formula is C24H33IN4O2. The van der Waals surface area contributed by atoms with Crippen molar-refractivity contribution in [2.75, 3.05) is 19.6 Å². The van der Waals surface area contributed by atoms with E-state index in [1.807, 2.05) is 48.2 Å². The van der Waals surface area contributed by atoms with Gasteiger partial charge in [0.15, 0.2) is 5.96 Å². The summed E-state index contributed by atoms with van der Waals surface area (Å²) in [5.41, 5.74) is 2.23. The van der Waals surface area contributed by atoms with Crippen molar-refractivity contribution in [2.24, 2.45) is 4.99 Å². The molecule has 1 amide bonds. The number of amides is 1. The van der Waals surface area contributed by atoms with E-state index < -0.39 is 0 Å². The molecular weight excluding hydrogens is 503 g/mol. The molecule has 1 saturated heterocycles. The SMILES string of the molecule is CCNC(=NCc1cccc(OCc2ccccc2)c1)NC1CCN(C(=O)CC)C1.I. The monoisotopic (exact) mass is 536 g/mol. The minimum atomic E-state index is 0. The molecule has 0 aliphatic carbocycles. The summed E-state index contributed by atoms with van der Waals surface area (Å²) in [4.78, 5) is 18.6. The molecule has 2 aromatic carbocycles. The summed E-state index contributed by atoms with van der Waals surface area (Å²) >= 11 is 0. The second kappa shape index (κ2) is 13.2. The van der Waals surface area contributed by atoms with Crippen LogP contribution in [0.3, 0.4) is 0 Å². The lowest BCUT2D eigenvalue weighted by Gasteiger charge is -2.18. The molecule has 0 bridgehead atoms. The normalized spacial score (nSPS) is 15.9. The molecule has 1 aliphatic heterocycles. The molecule has 1 aliphatic rings. The van der Waals surface area contributed by atoms with Gasteiger partial charge in [0.1, 0.15) is 12.4 Å². The van der Waals surface area contributed by atoms with E-state index in [1.54, 1.807) is 0 Å². The second-order valence-corrected chi connectivity index (χ2v) is 7.44. The van der Waals surface area contributed by atoms with E-state index in [2.05, 4.69) is 35.8 Å². The average Bonchev–Trinajstić information content (AvgIpc) is 3.25. The van der Waals surface area contributed by atoms with Crippen LogP contribution in [0.15, 0.2) is 59.6 Å². The quantitative estimate of drug-likeness (QED) is 0.305. The highest BCUT2D eigenvalue weighted by Crippen LogP contribution is 2.16. The van der Waals surface area contributed by atoms with Gasteiger partial charge >= 0.3 is 0 Å². The third-order valence-corrected chi connectivity index (χ3v) is 5.09. The second-order valence-electron chi connectivity index (χ2n) is 7.44. The van der Waals surface area contributed by atoms with E-state index in [0.717, 1.165) is 48.9 Å². The van der Waals surface area contributed by atoms with Crippen molar-refractivity contribution < 1.29 is 9.53 Å². The summed E-state index contributed by atoms with van der Waals surface area (Å²) in [6.45, 7) is 7.40. The van der Waals surface area contributed by atoms with Crippen molar-refractivity contribution in [2.45, 2.75) is 45.9 Å². The van der Waals surface area contributed by atoms with Crippen LogP contribution in [0.5, 0.6) is 5.75 Å². The number of aliphatic imine (C=N–C) groups is 1. The summed E-state index contributed by atoms with van der Waals surface area (Å²) in [7, 11) is 0. The van der Waals surface area contributed by atoms with Crippen molar-refractivity contribution in [1.82, 2.24) is 15.5 Å². The van der Waals surface area contributed by atoms with Gasteiger partial charge < -0.3 is 20.3 Å². The van der Waals surface area contributed by atoms with Gasteiger partial charge in [-0.2, -0.15) is 0 Å². The zero-order valence-electron chi connectivity index (χ0n) is 18.3. The Hall–Kier alpha value is -2.29. The van der Waals surface area contributed by atoms with Crippen LogP contribution in [0.2, 0.25) is 0 Å². The van der Waals surface area contributed by atoms with E-state index in [0.29, 0.717) is 19.6 Å². The van der Waals surface area contributed by atoms with Gasteiger partial charge in [0.25, 0.3) is 0 Å². The highest BCUT2D eigenvalue weighted by atomic mass is 127. The first-order chi connectivity index (χ1) is 14.7. The molecule has 3 rings (SSSR count).